The number of carbonyl (C=O) groups is 2. The van der Waals surface area contributed by atoms with Gasteiger partial charge < -0.3 is 15.4 Å². The van der Waals surface area contributed by atoms with Gasteiger partial charge in [-0.15, -0.1) is 0 Å². The highest BCUT2D eigenvalue weighted by molar-refractivity contribution is 5.86. The Hall–Kier alpha value is -2.55. The van der Waals surface area contributed by atoms with Gasteiger partial charge in [0.15, 0.2) is 5.69 Å². The first-order valence-electron chi connectivity index (χ1n) is 11.6. The van der Waals surface area contributed by atoms with Crippen molar-refractivity contribution in [2.75, 3.05) is 0 Å². The van der Waals surface area contributed by atoms with Gasteiger partial charge in [-0.3, -0.25) is 4.79 Å². The van der Waals surface area contributed by atoms with Gasteiger partial charge in [0, 0.05) is 0 Å². The van der Waals surface area contributed by atoms with E-state index in [4.69, 9.17) is 11.3 Å². The molecule has 0 spiro atoms. The Kier molecular flexibility index (Phi) is 7.59. The van der Waals surface area contributed by atoms with E-state index >= 15 is 0 Å². The fourth-order valence-electron chi connectivity index (χ4n) is 4.73. The number of fused-ring (bicyclic) bond motifs is 1. The smallest absolute Gasteiger partial charge is 0.408 e. The minimum Gasteiger partial charge on any atom is -0.444 e. The zero-order valence-electron chi connectivity index (χ0n) is 19.0. The minimum absolute atomic E-state index is 0.0923. The molecule has 168 valence electrons. The van der Waals surface area contributed by atoms with Gasteiger partial charge in [0.25, 0.3) is 0 Å². The summed E-state index contributed by atoms with van der Waals surface area (Å²) < 4.78 is 5.42. The van der Waals surface area contributed by atoms with Crippen LogP contribution in [0.4, 0.5) is 10.5 Å². The third-order valence-electron chi connectivity index (χ3n) is 6.19. The third kappa shape index (κ3) is 6.72. The Balaban J connectivity index is 1.72. The molecule has 6 nitrogen and oxygen atoms in total. The van der Waals surface area contributed by atoms with E-state index in [1.807, 2.05) is 39.0 Å². The lowest BCUT2D eigenvalue weighted by Crippen LogP contribution is -2.50. The Morgan fingerprint density at radius 3 is 2.58 bits per heavy atom. The van der Waals surface area contributed by atoms with Crippen molar-refractivity contribution in [3.63, 3.8) is 0 Å². The average molecular weight is 426 g/mol. The number of hydrogen-bond acceptors (Lipinski definition) is 3. The lowest BCUT2D eigenvalue weighted by Gasteiger charge is -2.31. The summed E-state index contributed by atoms with van der Waals surface area (Å²) >= 11 is 0. The molecule has 0 saturated heterocycles. The van der Waals surface area contributed by atoms with Crippen LogP contribution in [0.5, 0.6) is 0 Å². The van der Waals surface area contributed by atoms with Crippen molar-refractivity contribution >= 4 is 17.7 Å². The molecule has 1 fully saturated rings. The van der Waals surface area contributed by atoms with Crippen LogP contribution in [0.3, 0.4) is 0 Å². The molecule has 1 aromatic carbocycles. The zero-order chi connectivity index (χ0) is 22.4. The molecular formula is C25H35N3O3. The van der Waals surface area contributed by atoms with Crippen LogP contribution in [0.1, 0.15) is 89.3 Å². The maximum absolute atomic E-state index is 13.3. The second kappa shape index (κ2) is 10.2. The molecule has 1 saturated carbocycles. The highest BCUT2D eigenvalue weighted by Crippen LogP contribution is 2.33. The van der Waals surface area contributed by atoms with Crippen LogP contribution in [0.15, 0.2) is 18.2 Å². The summed E-state index contributed by atoms with van der Waals surface area (Å²) in [5.41, 5.74) is 2.24. The monoisotopic (exact) mass is 425 g/mol. The van der Waals surface area contributed by atoms with Crippen LogP contribution in [0, 0.1) is 12.5 Å². The molecule has 0 bridgehead atoms. The van der Waals surface area contributed by atoms with Gasteiger partial charge in [-0.1, -0.05) is 55.9 Å². The molecule has 2 N–H and O–H groups in total. The minimum atomic E-state index is -0.612. The molecule has 2 aliphatic carbocycles. The number of nitrogens with one attached hydrogen (secondary N) is 2. The maximum Gasteiger partial charge on any atom is 0.408 e. The summed E-state index contributed by atoms with van der Waals surface area (Å²) in [5, 5.41) is 6.02. The normalized spacial score (nSPS) is 20.1. The van der Waals surface area contributed by atoms with Gasteiger partial charge >= 0.3 is 6.09 Å². The standard InChI is InChI=1S/C25H35N3O3/c1-25(2,3)31-24(30)28-22(15-17-9-6-5-7-10-17)23(29)27-21-12-8-11-18-16-19(26-4)13-14-20(18)21/h13-14,16-17,21-22H,5-12,15H2,1-3H3,(H,27,29)(H,28,30). The third-order valence-corrected chi connectivity index (χ3v) is 6.19. The van der Waals surface area contributed by atoms with E-state index in [0.29, 0.717) is 18.0 Å². The SMILES string of the molecule is [C-]#[N+]c1ccc2c(c1)CCCC2NC(=O)C(CC1CCCCC1)NC(=O)OC(C)(C)C. The molecular weight excluding hydrogens is 390 g/mol. The van der Waals surface area contributed by atoms with Gasteiger partial charge in [-0.2, -0.15) is 0 Å². The summed E-state index contributed by atoms with van der Waals surface area (Å²) in [4.78, 5) is 29.2. The number of ether oxygens (including phenoxy) is 1. The highest BCUT2D eigenvalue weighted by atomic mass is 16.6. The molecule has 2 amide bonds. The van der Waals surface area contributed by atoms with Crippen molar-refractivity contribution in [3.8, 4) is 0 Å². The fourth-order valence-corrected chi connectivity index (χ4v) is 4.73. The number of carbonyl (C=O) groups excluding carboxylic acids is 2. The van der Waals surface area contributed by atoms with Crippen LogP contribution in [0.25, 0.3) is 4.85 Å². The van der Waals surface area contributed by atoms with E-state index in [9.17, 15) is 9.59 Å². The lowest BCUT2D eigenvalue weighted by atomic mass is 9.84. The summed E-state index contributed by atoms with van der Waals surface area (Å²) in [7, 11) is 0. The average Bonchev–Trinajstić information content (AvgIpc) is 2.72. The summed E-state index contributed by atoms with van der Waals surface area (Å²) in [6.07, 6.45) is 8.67. The molecule has 2 atom stereocenters. The quantitative estimate of drug-likeness (QED) is 0.604. The number of aryl methyl sites for hydroxylation is 1. The number of rotatable bonds is 5. The second-order valence-corrected chi connectivity index (χ2v) is 9.89. The fraction of sp³-hybridized carbons (Fsp3) is 0.640. The molecule has 2 aliphatic rings. The Morgan fingerprint density at radius 1 is 1.16 bits per heavy atom. The number of alkyl carbamates (subject to hydrolysis) is 1. The van der Waals surface area contributed by atoms with Gasteiger partial charge in [-0.25, -0.2) is 9.64 Å². The second-order valence-electron chi connectivity index (χ2n) is 9.89. The highest BCUT2D eigenvalue weighted by Gasteiger charge is 2.30. The van der Waals surface area contributed by atoms with E-state index in [0.717, 1.165) is 43.2 Å². The first-order chi connectivity index (χ1) is 14.7. The maximum atomic E-state index is 13.3. The molecule has 3 rings (SSSR count). The molecule has 6 heteroatoms. The molecule has 31 heavy (non-hydrogen) atoms. The molecule has 0 radical (unpaired) electrons. The van der Waals surface area contributed by atoms with Crippen LogP contribution in [0.2, 0.25) is 0 Å². The molecule has 2 unspecified atom stereocenters. The van der Waals surface area contributed by atoms with Gasteiger partial charge in [0.05, 0.1) is 12.6 Å². The van der Waals surface area contributed by atoms with E-state index in [2.05, 4.69) is 15.5 Å². The summed E-state index contributed by atoms with van der Waals surface area (Å²) in [6.45, 7) is 12.7. The summed E-state index contributed by atoms with van der Waals surface area (Å²) in [6, 6.07) is 5.01. The lowest BCUT2D eigenvalue weighted by molar-refractivity contribution is -0.124. The summed E-state index contributed by atoms with van der Waals surface area (Å²) in [5.74, 6) is 0.294. The Morgan fingerprint density at radius 2 is 1.90 bits per heavy atom. The van der Waals surface area contributed by atoms with Crippen molar-refractivity contribution in [3.05, 3.63) is 40.7 Å². The van der Waals surface area contributed by atoms with Crippen LogP contribution < -0.4 is 10.6 Å². The largest absolute Gasteiger partial charge is 0.444 e. The first kappa shape index (κ1) is 23.1. The number of hydrogen-bond donors (Lipinski definition) is 2. The number of amides is 2. The predicted octanol–water partition coefficient (Wildman–Crippen LogP) is 5.59. The number of benzene rings is 1. The molecule has 0 aliphatic heterocycles. The van der Waals surface area contributed by atoms with E-state index in [-0.39, 0.29) is 11.9 Å². The zero-order valence-corrected chi connectivity index (χ0v) is 19.0. The first-order valence-corrected chi connectivity index (χ1v) is 11.6. The number of nitrogens with zero attached hydrogens (tertiary/aromatic N) is 1. The van der Waals surface area contributed by atoms with Crippen molar-refractivity contribution in [1.82, 2.24) is 10.6 Å². The van der Waals surface area contributed by atoms with Crippen molar-refractivity contribution in [1.29, 1.82) is 0 Å². The Labute approximate surface area is 185 Å². The Bertz CT molecular complexity index is 831. The van der Waals surface area contributed by atoms with E-state index < -0.39 is 17.7 Å². The van der Waals surface area contributed by atoms with Crippen molar-refractivity contribution < 1.29 is 14.3 Å². The molecule has 0 aromatic heterocycles. The van der Waals surface area contributed by atoms with Crippen molar-refractivity contribution in [2.45, 2.75) is 96.2 Å². The van der Waals surface area contributed by atoms with Crippen LogP contribution in [-0.2, 0) is 16.0 Å². The predicted molar refractivity (Wildman–Crippen MR) is 121 cm³/mol. The van der Waals surface area contributed by atoms with Crippen LogP contribution in [-0.4, -0.2) is 23.6 Å². The van der Waals surface area contributed by atoms with Crippen LogP contribution >= 0.6 is 0 Å². The van der Waals surface area contributed by atoms with Gasteiger partial charge in [-0.05, 0) is 57.9 Å². The molecule has 0 heterocycles. The van der Waals surface area contributed by atoms with Gasteiger partial charge in [0.2, 0.25) is 5.91 Å². The van der Waals surface area contributed by atoms with Crippen molar-refractivity contribution in [2.24, 2.45) is 5.92 Å². The van der Waals surface area contributed by atoms with E-state index in [1.54, 1.807) is 0 Å². The van der Waals surface area contributed by atoms with Gasteiger partial charge in [0.1, 0.15) is 11.6 Å². The van der Waals surface area contributed by atoms with E-state index in [1.165, 1.54) is 19.3 Å². The molecule has 1 aromatic rings. The topological polar surface area (TPSA) is 71.8 Å².